The number of ether oxygens (including phenoxy) is 1. The molecule has 4 heterocycles. The zero-order chi connectivity index (χ0) is 44.2. The van der Waals surface area contributed by atoms with E-state index in [0.29, 0.717) is 16.8 Å². The van der Waals surface area contributed by atoms with E-state index in [0.717, 1.165) is 99.8 Å². The molecule has 334 valence electrons. The number of nitro groups is 1. The number of anilines is 1. The molecule has 2 amide bonds. The number of H-pyrrole nitrogens is 1. The van der Waals surface area contributed by atoms with Crippen LogP contribution in [0.3, 0.4) is 0 Å². The van der Waals surface area contributed by atoms with Crippen molar-refractivity contribution in [1.82, 2.24) is 24.5 Å². The number of hydrogen-bond acceptors (Lipinski definition) is 10. The third-order valence-corrected chi connectivity index (χ3v) is 16.3. The van der Waals surface area contributed by atoms with Gasteiger partial charge in [-0.25, -0.2) is 18.1 Å². The largest absolute Gasteiger partial charge is 0.455 e. The fraction of sp³-hybridized carbons (Fsp3) is 0.438. The number of nitrogens with one attached hydrogen (secondary N) is 2. The van der Waals surface area contributed by atoms with Crippen LogP contribution in [0.5, 0.6) is 11.5 Å². The maximum atomic E-state index is 14.1. The van der Waals surface area contributed by atoms with Gasteiger partial charge in [0, 0.05) is 79.7 Å². The average Bonchev–Trinajstić information content (AvgIpc) is 3.90. The van der Waals surface area contributed by atoms with Crippen molar-refractivity contribution in [3.8, 4) is 11.5 Å². The van der Waals surface area contributed by atoms with Gasteiger partial charge in [-0.05, 0) is 97.9 Å². The number of pyridine rings is 1. The highest BCUT2D eigenvalue weighted by Crippen LogP contribution is 2.55. The van der Waals surface area contributed by atoms with Crippen LogP contribution in [-0.4, -0.2) is 90.2 Å². The van der Waals surface area contributed by atoms with Crippen molar-refractivity contribution in [3.05, 3.63) is 122 Å². The summed E-state index contributed by atoms with van der Waals surface area (Å²) in [5.41, 5.74) is 5.73. The van der Waals surface area contributed by atoms with Crippen molar-refractivity contribution in [2.75, 3.05) is 44.2 Å². The molecule has 2 aromatic carbocycles. The molecule has 4 fully saturated rings. The van der Waals surface area contributed by atoms with Crippen LogP contribution >= 0.6 is 11.6 Å². The first kappa shape index (κ1) is 42.4. The summed E-state index contributed by atoms with van der Waals surface area (Å²) >= 11 is 6.28. The summed E-state index contributed by atoms with van der Waals surface area (Å²) < 4.78 is 36.5. The zero-order valence-corrected chi connectivity index (χ0v) is 37.2. The molecular weight excluding hydrogens is 854 g/mol. The number of amides is 2. The maximum absolute atomic E-state index is 14.1. The molecule has 16 heteroatoms. The van der Waals surface area contributed by atoms with Crippen LogP contribution < -0.4 is 14.4 Å². The van der Waals surface area contributed by atoms with Crippen molar-refractivity contribution in [2.45, 2.75) is 76.7 Å². The van der Waals surface area contributed by atoms with Gasteiger partial charge in [-0.2, -0.15) is 0 Å². The van der Waals surface area contributed by atoms with Crippen LogP contribution in [0, 0.1) is 27.4 Å². The van der Waals surface area contributed by atoms with Gasteiger partial charge < -0.3 is 19.5 Å². The Bertz CT molecular complexity index is 2710. The van der Waals surface area contributed by atoms with E-state index in [9.17, 15) is 28.1 Å². The van der Waals surface area contributed by atoms with E-state index in [1.807, 2.05) is 18.2 Å². The Morgan fingerprint density at radius 3 is 2.52 bits per heavy atom. The third-order valence-electron chi connectivity index (χ3n) is 14.7. The topological polar surface area (TPSA) is 171 Å². The summed E-state index contributed by atoms with van der Waals surface area (Å²) in [6.07, 6.45) is 17.6. The van der Waals surface area contributed by atoms with Crippen LogP contribution in [0.2, 0.25) is 5.02 Å². The number of allylic oxidation sites excluding steroid dienone is 2. The molecule has 6 aliphatic rings. The van der Waals surface area contributed by atoms with Crippen LogP contribution in [-0.2, 0) is 14.8 Å². The van der Waals surface area contributed by atoms with Gasteiger partial charge in [-0.1, -0.05) is 61.1 Å². The number of aromatic nitrogens is 2. The van der Waals surface area contributed by atoms with Gasteiger partial charge in [0.15, 0.2) is 0 Å². The van der Waals surface area contributed by atoms with Crippen LogP contribution in [0.4, 0.5) is 5.69 Å². The molecule has 14 nitrogen and oxygen atoms in total. The van der Waals surface area contributed by atoms with Gasteiger partial charge >= 0.3 is 0 Å². The number of carbonyl (C=O) groups excluding carboxylic acids is 2. The molecular formula is C48H52ClN7O7S. The van der Waals surface area contributed by atoms with Gasteiger partial charge in [-0.3, -0.25) is 24.6 Å². The van der Waals surface area contributed by atoms with E-state index < -0.39 is 37.6 Å². The number of carbonyl (C=O) groups is 2. The van der Waals surface area contributed by atoms with Crippen LogP contribution in [0.1, 0.15) is 86.6 Å². The first-order valence-electron chi connectivity index (χ1n) is 22.6. The second kappa shape index (κ2) is 17.1. The Hall–Kier alpha value is -5.51. The minimum absolute atomic E-state index is 0.0285. The highest BCUT2D eigenvalue weighted by atomic mass is 35.5. The van der Waals surface area contributed by atoms with E-state index in [4.69, 9.17) is 16.3 Å². The number of benzene rings is 2. The summed E-state index contributed by atoms with van der Waals surface area (Å²) in [6, 6.07) is 16.9. The molecule has 2 unspecified atom stereocenters. The third kappa shape index (κ3) is 8.33. The van der Waals surface area contributed by atoms with Crippen molar-refractivity contribution >= 4 is 55.7 Å². The lowest BCUT2D eigenvalue weighted by molar-refractivity contribution is -0.434. The fourth-order valence-electron chi connectivity index (χ4n) is 10.9. The number of nitrogens with zero attached hydrogens (tertiary/aromatic N) is 5. The molecule has 0 bridgehead atoms. The summed E-state index contributed by atoms with van der Waals surface area (Å²) in [6.45, 7) is 4.16. The van der Waals surface area contributed by atoms with Gasteiger partial charge in [0.1, 0.15) is 17.1 Å². The SMILES string of the molecule is O=C(NS(=O)(=O)C1=CC2C(=O)N(C3CCCCC3)CC2C([N+](=O)[O-])=C1)c1ccc(N2CCN(CC3=C(c4ccc(Cl)cc4)CC4(CCC4)CC3)CC2)cc1Oc1cnc2[nH]ccc2c1. The Balaban J connectivity index is 0.883. The lowest BCUT2D eigenvalue weighted by atomic mass is 9.59. The smallest absolute Gasteiger partial charge is 0.268 e. The molecule has 1 spiro atoms. The van der Waals surface area contributed by atoms with Gasteiger partial charge in [-0.15, -0.1) is 0 Å². The number of piperazine rings is 1. The average molecular weight is 907 g/mol. The number of halogens is 1. The minimum Gasteiger partial charge on any atom is -0.455 e. The molecule has 2 saturated heterocycles. The molecule has 4 aromatic rings. The van der Waals surface area contributed by atoms with E-state index >= 15 is 0 Å². The predicted molar refractivity (Wildman–Crippen MR) is 245 cm³/mol. The monoisotopic (exact) mass is 905 g/mol. The lowest BCUT2D eigenvalue weighted by Gasteiger charge is -2.47. The van der Waals surface area contributed by atoms with Crippen molar-refractivity contribution in [3.63, 3.8) is 0 Å². The number of hydrogen-bond donors (Lipinski definition) is 2. The second-order valence-electron chi connectivity index (χ2n) is 18.5. The normalized spacial score (nSPS) is 22.9. The molecule has 64 heavy (non-hydrogen) atoms. The summed E-state index contributed by atoms with van der Waals surface area (Å²) in [5, 5.41) is 13.9. The van der Waals surface area contributed by atoms with E-state index in [1.54, 1.807) is 29.3 Å². The first-order valence-corrected chi connectivity index (χ1v) is 24.4. The zero-order valence-electron chi connectivity index (χ0n) is 35.6. The summed E-state index contributed by atoms with van der Waals surface area (Å²) in [7, 11) is -4.68. The van der Waals surface area contributed by atoms with Crippen LogP contribution in [0.25, 0.3) is 16.6 Å². The van der Waals surface area contributed by atoms with Crippen molar-refractivity contribution in [2.24, 2.45) is 17.3 Å². The van der Waals surface area contributed by atoms with E-state index in [2.05, 4.69) is 36.6 Å². The highest BCUT2D eigenvalue weighted by molar-refractivity contribution is 7.94. The molecule has 2 atom stereocenters. The summed E-state index contributed by atoms with van der Waals surface area (Å²) in [5.74, 6) is -2.65. The van der Waals surface area contributed by atoms with E-state index in [-0.39, 0.29) is 35.5 Å². The molecule has 2 aliphatic heterocycles. The quantitative estimate of drug-likeness (QED) is 0.110. The Labute approximate surface area is 377 Å². The fourth-order valence-corrected chi connectivity index (χ4v) is 12.1. The highest BCUT2D eigenvalue weighted by Gasteiger charge is 2.50. The second-order valence-corrected chi connectivity index (χ2v) is 20.6. The number of sulfonamides is 1. The molecule has 2 aromatic heterocycles. The molecule has 2 saturated carbocycles. The van der Waals surface area contributed by atoms with Crippen molar-refractivity contribution < 1.29 is 27.7 Å². The minimum atomic E-state index is -4.68. The standard InChI is InChI=1S/C48H52ClN7O7S/c49-34-9-7-31(8-10-34)41-27-48(15-4-16-48)17-13-33(41)29-53-19-21-54(22-20-53)36-11-12-39(44(24-36)63-37-23-32-14-18-50-45(32)51-28-37)46(57)52-64(61,62)38-25-40-42(43(26-38)56(59)60)30-55(47(40)58)35-5-2-1-3-6-35/h7-12,14,18,23-26,28,35,40,42H,1-6,13,15-17,19-22,27,29-30H2,(H,50,51)(H,52,57). The van der Waals surface area contributed by atoms with Crippen LogP contribution in [0.15, 0.2) is 95.3 Å². The Morgan fingerprint density at radius 1 is 1.00 bits per heavy atom. The van der Waals surface area contributed by atoms with Gasteiger partial charge in [0.25, 0.3) is 21.6 Å². The molecule has 10 rings (SSSR count). The number of likely N-dealkylation sites (tertiary alicyclic amines) is 1. The maximum Gasteiger partial charge on any atom is 0.268 e. The molecule has 4 aliphatic carbocycles. The van der Waals surface area contributed by atoms with E-state index in [1.165, 1.54) is 60.7 Å². The number of fused-ring (bicyclic) bond motifs is 2. The predicted octanol–water partition coefficient (Wildman–Crippen LogP) is 8.46. The molecule has 2 N–H and O–H groups in total. The van der Waals surface area contributed by atoms with Gasteiger partial charge in [0.05, 0.1) is 33.4 Å². The summed E-state index contributed by atoms with van der Waals surface area (Å²) in [4.78, 5) is 52.9. The van der Waals surface area contributed by atoms with Gasteiger partial charge in [0.2, 0.25) is 5.91 Å². The Morgan fingerprint density at radius 2 is 1.78 bits per heavy atom. The lowest BCUT2D eigenvalue weighted by Crippen LogP contribution is -2.47. The number of aromatic amines is 1. The Kier molecular flexibility index (Phi) is 11.4. The molecule has 0 radical (unpaired) electrons. The first-order chi connectivity index (χ1) is 30.9. The number of rotatable bonds is 11. The van der Waals surface area contributed by atoms with Crippen molar-refractivity contribution in [1.29, 1.82) is 0 Å².